The second-order valence-electron chi connectivity index (χ2n) is 6.18. The molecule has 0 spiro atoms. The highest BCUT2D eigenvalue weighted by atomic mass is 35.5. The minimum atomic E-state index is -0.692. The lowest BCUT2D eigenvalue weighted by Crippen LogP contribution is -2.18. The lowest BCUT2D eigenvalue weighted by Gasteiger charge is -2.14. The number of nitrogens with zero attached hydrogens (tertiary/aromatic N) is 1. The van der Waals surface area contributed by atoms with Gasteiger partial charge in [0.05, 0.1) is 18.9 Å². The van der Waals surface area contributed by atoms with E-state index in [0.29, 0.717) is 32.4 Å². The van der Waals surface area contributed by atoms with E-state index in [1.54, 1.807) is 25.1 Å². The van der Waals surface area contributed by atoms with Crippen LogP contribution in [0.3, 0.4) is 0 Å². The first-order valence-electron chi connectivity index (χ1n) is 8.32. The largest absolute Gasteiger partial charge is 0.496 e. The number of nitrogens with one attached hydrogen (secondary N) is 1. The third kappa shape index (κ3) is 3.99. The van der Waals surface area contributed by atoms with E-state index in [4.69, 9.17) is 21.1 Å². The third-order valence-electron chi connectivity index (χ3n) is 4.33. The average Bonchev–Trinajstić information content (AvgIpc) is 2.89. The van der Waals surface area contributed by atoms with E-state index in [1.165, 1.54) is 18.4 Å². The maximum atomic E-state index is 12.4. The zero-order valence-electron chi connectivity index (χ0n) is 15.4. The standard InChI is InChI=1S/C19H19ClN2O4S/c1-9-11(3)27-19-16(9)18(24)21-17(22-19)10(2)26-15(23)8-12-7-13(20)5-6-14(12)25-4/h5-7,10H,8H2,1-4H3,(H,21,22,24)/t10-/m1/s1. The fourth-order valence-corrected chi connectivity index (χ4v) is 4.03. The number of aromatic nitrogens is 2. The van der Waals surface area contributed by atoms with Gasteiger partial charge in [-0.05, 0) is 44.5 Å². The molecule has 0 amide bonds. The summed E-state index contributed by atoms with van der Waals surface area (Å²) in [4.78, 5) is 33.6. The number of carbonyl (C=O) groups is 1. The number of carbonyl (C=O) groups excluding carboxylic acids is 1. The van der Waals surface area contributed by atoms with Crippen molar-refractivity contribution >= 4 is 39.1 Å². The van der Waals surface area contributed by atoms with Gasteiger partial charge in [0.2, 0.25) is 0 Å². The predicted molar refractivity (Wildman–Crippen MR) is 106 cm³/mol. The van der Waals surface area contributed by atoms with Gasteiger partial charge in [0, 0.05) is 15.5 Å². The summed E-state index contributed by atoms with van der Waals surface area (Å²) in [5.74, 6) is 0.408. The molecule has 0 unspecified atom stereocenters. The summed E-state index contributed by atoms with van der Waals surface area (Å²) >= 11 is 7.44. The number of methoxy groups -OCH3 is 1. The molecular formula is C19H19ClN2O4S. The molecular weight excluding hydrogens is 388 g/mol. The van der Waals surface area contributed by atoms with E-state index in [-0.39, 0.29) is 12.0 Å². The van der Waals surface area contributed by atoms with E-state index in [2.05, 4.69) is 9.97 Å². The number of hydrogen-bond acceptors (Lipinski definition) is 6. The van der Waals surface area contributed by atoms with Crippen LogP contribution in [-0.2, 0) is 16.0 Å². The van der Waals surface area contributed by atoms with Crippen molar-refractivity contribution in [2.75, 3.05) is 7.11 Å². The Hall–Kier alpha value is -2.38. The monoisotopic (exact) mass is 406 g/mol. The lowest BCUT2D eigenvalue weighted by atomic mass is 10.1. The van der Waals surface area contributed by atoms with Gasteiger partial charge in [-0.3, -0.25) is 9.59 Å². The topological polar surface area (TPSA) is 81.3 Å². The molecule has 0 saturated heterocycles. The van der Waals surface area contributed by atoms with Crippen LogP contribution >= 0.6 is 22.9 Å². The normalized spacial score (nSPS) is 12.2. The maximum Gasteiger partial charge on any atom is 0.311 e. The molecule has 0 aliphatic heterocycles. The Morgan fingerprint density at radius 3 is 2.81 bits per heavy atom. The fraction of sp³-hybridized carbons (Fsp3) is 0.316. The van der Waals surface area contributed by atoms with Crippen LogP contribution in [0, 0.1) is 13.8 Å². The summed E-state index contributed by atoms with van der Waals surface area (Å²) in [7, 11) is 1.52. The van der Waals surface area contributed by atoms with E-state index in [0.717, 1.165) is 10.4 Å². The summed E-state index contributed by atoms with van der Waals surface area (Å²) in [5, 5.41) is 1.09. The summed E-state index contributed by atoms with van der Waals surface area (Å²) < 4.78 is 10.7. The Morgan fingerprint density at radius 1 is 1.37 bits per heavy atom. The average molecular weight is 407 g/mol. The van der Waals surface area contributed by atoms with Crippen molar-refractivity contribution in [2.45, 2.75) is 33.3 Å². The second-order valence-corrected chi connectivity index (χ2v) is 7.82. The van der Waals surface area contributed by atoms with Crippen LogP contribution in [-0.4, -0.2) is 23.0 Å². The van der Waals surface area contributed by atoms with Gasteiger partial charge in [-0.25, -0.2) is 4.98 Å². The van der Waals surface area contributed by atoms with Crippen LogP contribution in [0.5, 0.6) is 5.75 Å². The van der Waals surface area contributed by atoms with Gasteiger partial charge in [-0.1, -0.05) is 11.6 Å². The van der Waals surface area contributed by atoms with E-state index < -0.39 is 12.1 Å². The fourth-order valence-electron chi connectivity index (χ4n) is 2.80. The van der Waals surface area contributed by atoms with Crippen molar-refractivity contribution < 1.29 is 14.3 Å². The number of benzene rings is 1. The first-order valence-corrected chi connectivity index (χ1v) is 9.51. The molecule has 0 aliphatic rings. The Morgan fingerprint density at radius 2 is 2.11 bits per heavy atom. The molecule has 0 radical (unpaired) electrons. The molecule has 2 aromatic heterocycles. The van der Waals surface area contributed by atoms with Gasteiger partial charge in [0.15, 0.2) is 11.9 Å². The molecule has 3 aromatic rings. The molecule has 6 nitrogen and oxygen atoms in total. The maximum absolute atomic E-state index is 12.4. The van der Waals surface area contributed by atoms with Crippen molar-refractivity contribution in [1.29, 1.82) is 0 Å². The number of rotatable bonds is 5. The SMILES string of the molecule is COc1ccc(Cl)cc1CC(=O)O[C@H](C)c1nc2sc(C)c(C)c2c(=O)[nH]1. The minimum absolute atomic E-state index is 0.00221. The van der Waals surface area contributed by atoms with Gasteiger partial charge < -0.3 is 14.5 Å². The highest BCUT2D eigenvalue weighted by Crippen LogP contribution is 2.27. The van der Waals surface area contributed by atoms with Gasteiger partial charge in [0.1, 0.15) is 10.6 Å². The molecule has 1 aromatic carbocycles. The first kappa shape index (κ1) is 19.4. The number of thiophene rings is 1. The number of aromatic amines is 1. The molecule has 0 fully saturated rings. The van der Waals surface area contributed by atoms with Gasteiger partial charge in [-0.15, -0.1) is 11.3 Å². The lowest BCUT2D eigenvalue weighted by molar-refractivity contribution is -0.148. The molecule has 27 heavy (non-hydrogen) atoms. The number of hydrogen-bond donors (Lipinski definition) is 1. The summed E-state index contributed by atoms with van der Waals surface area (Å²) in [5.41, 5.74) is 1.33. The first-order chi connectivity index (χ1) is 12.8. The van der Waals surface area contributed by atoms with Crippen LogP contribution in [0.25, 0.3) is 10.2 Å². The van der Waals surface area contributed by atoms with Crippen molar-refractivity contribution in [3.8, 4) is 5.75 Å². The molecule has 3 rings (SSSR count). The Labute approximate surface area is 165 Å². The Kier molecular flexibility index (Phi) is 5.53. The minimum Gasteiger partial charge on any atom is -0.496 e. The number of aryl methyl sites for hydroxylation is 2. The van der Waals surface area contributed by atoms with Crippen molar-refractivity contribution in [1.82, 2.24) is 9.97 Å². The van der Waals surface area contributed by atoms with Crippen molar-refractivity contribution in [3.05, 3.63) is 55.4 Å². The van der Waals surface area contributed by atoms with E-state index in [9.17, 15) is 9.59 Å². The van der Waals surface area contributed by atoms with Crippen LogP contribution in [0.2, 0.25) is 5.02 Å². The van der Waals surface area contributed by atoms with Crippen LogP contribution in [0.15, 0.2) is 23.0 Å². The molecule has 2 heterocycles. The second kappa shape index (κ2) is 7.70. The molecule has 8 heteroatoms. The summed E-state index contributed by atoms with van der Waals surface area (Å²) in [6.45, 7) is 5.51. The van der Waals surface area contributed by atoms with Gasteiger partial charge >= 0.3 is 5.97 Å². The zero-order chi connectivity index (χ0) is 19.7. The highest BCUT2D eigenvalue weighted by Gasteiger charge is 2.19. The third-order valence-corrected chi connectivity index (χ3v) is 5.66. The molecule has 0 saturated carbocycles. The van der Waals surface area contributed by atoms with Crippen LogP contribution in [0.4, 0.5) is 0 Å². The molecule has 0 aliphatic carbocycles. The molecule has 1 atom stereocenters. The van der Waals surface area contributed by atoms with Gasteiger partial charge in [-0.2, -0.15) is 0 Å². The molecule has 142 valence electrons. The van der Waals surface area contributed by atoms with Crippen molar-refractivity contribution in [2.24, 2.45) is 0 Å². The van der Waals surface area contributed by atoms with E-state index in [1.807, 2.05) is 13.8 Å². The molecule has 0 bridgehead atoms. The predicted octanol–water partition coefficient (Wildman–Crippen LogP) is 4.11. The molecule has 1 N–H and O–H groups in total. The van der Waals surface area contributed by atoms with Crippen LogP contribution in [0.1, 0.15) is 34.9 Å². The number of halogens is 1. The Balaban J connectivity index is 1.80. The van der Waals surface area contributed by atoms with E-state index >= 15 is 0 Å². The Bertz CT molecular complexity index is 1070. The number of fused-ring (bicyclic) bond motifs is 1. The number of esters is 1. The van der Waals surface area contributed by atoms with Crippen molar-refractivity contribution in [3.63, 3.8) is 0 Å². The number of ether oxygens (including phenoxy) is 2. The van der Waals surface area contributed by atoms with Crippen LogP contribution < -0.4 is 10.3 Å². The smallest absolute Gasteiger partial charge is 0.311 e. The highest BCUT2D eigenvalue weighted by molar-refractivity contribution is 7.18. The number of H-pyrrole nitrogens is 1. The van der Waals surface area contributed by atoms with Gasteiger partial charge in [0.25, 0.3) is 5.56 Å². The quantitative estimate of drug-likeness (QED) is 0.645. The zero-order valence-corrected chi connectivity index (χ0v) is 17.0. The summed E-state index contributed by atoms with van der Waals surface area (Å²) in [6, 6.07) is 5.05. The summed E-state index contributed by atoms with van der Waals surface area (Å²) in [6.07, 6.45) is -0.694.